The van der Waals surface area contributed by atoms with E-state index in [0.717, 1.165) is 19.4 Å². The van der Waals surface area contributed by atoms with Gasteiger partial charge < -0.3 is 32.1 Å². The Labute approximate surface area is 200 Å². The molecule has 0 unspecified atom stereocenters. The van der Waals surface area contributed by atoms with Crippen molar-refractivity contribution in [1.82, 2.24) is 21.3 Å². The molecule has 11 heteroatoms. The van der Waals surface area contributed by atoms with Gasteiger partial charge in [0, 0.05) is 0 Å². The fourth-order valence-corrected chi connectivity index (χ4v) is 4.15. The average Bonchev–Trinajstić information content (AvgIpc) is 3.30. The Morgan fingerprint density at radius 1 is 1.03 bits per heavy atom. The minimum Gasteiger partial charge on any atom is -0.480 e. The van der Waals surface area contributed by atoms with Crippen LogP contribution in [-0.2, 0) is 19.2 Å². The van der Waals surface area contributed by atoms with Crippen LogP contribution in [0.2, 0.25) is 0 Å². The van der Waals surface area contributed by atoms with Crippen molar-refractivity contribution in [2.24, 2.45) is 11.7 Å². The highest BCUT2D eigenvalue weighted by Crippen LogP contribution is 2.10. The second kappa shape index (κ2) is 15.9. The Kier molecular flexibility index (Phi) is 14.1. The van der Waals surface area contributed by atoms with Gasteiger partial charge in [-0.2, -0.15) is 11.8 Å². The number of unbranched alkanes of at least 4 members (excludes halogenated alkanes) is 1. The van der Waals surface area contributed by atoms with Gasteiger partial charge in [-0.3, -0.25) is 14.4 Å². The Balaban J connectivity index is 2.85. The number of thioether (sulfide) groups is 1. The van der Waals surface area contributed by atoms with Gasteiger partial charge in [-0.25, -0.2) is 4.79 Å². The average molecular weight is 488 g/mol. The summed E-state index contributed by atoms with van der Waals surface area (Å²) in [7, 11) is 0. The summed E-state index contributed by atoms with van der Waals surface area (Å²) in [4.78, 5) is 50.1. The van der Waals surface area contributed by atoms with Gasteiger partial charge in [0.1, 0.15) is 18.1 Å². The quantitative estimate of drug-likeness (QED) is 0.168. The van der Waals surface area contributed by atoms with Gasteiger partial charge in [0.15, 0.2) is 0 Å². The van der Waals surface area contributed by atoms with Crippen LogP contribution >= 0.6 is 11.8 Å². The molecular weight excluding hydrogens is 446 g/mol. The van der Waals surface area contributed by atoms with Crippen LogP contribution in [0.3, 0.4) is 0 Å². The van der Waals surface area contributed by atoms with Crippen LogP contribution in [0.15, 0.2) is 0 Å². The summed E-state index contributed by atoms with van der Waals surface area (Å²) in [6.45, 7) is 5.06. The first-order valence-electron chi connectivity index (χ1n) is 11.8. The topological polar surface area (TPSA) is 163 Å². The number of carbonyl (C=O) groups is 4. The molecule has 0 aromatic heterocycles. The molecule has 1 rings (SSSR count). The highest BCUT2D eigenvalue weighted by molar-refractivity contribution is 7.98. The van der Waals surface area contributed by atoms with Gasteiger partial charge in [0.05, 0.1) is 6.04 Å². The van der Waals surface area contributed by atoms with E-state index in [9.17, 15) is 24.3 Å². The van der Waals surface area contributed by atoms with Crippen molar-refractivity contribution < 1.29 is 24.3 Å². The maximum atomic E-state index is 13.1. The van der Waals surface area contributed by atoms with Gasteiger partial charge >= 0.3 is 5.97 Å². The third-order valence-electron chi connectivity index (χ3n) is 5.52. The third kappa shape index (κ3) is 11.2. The van der Waals surface area contributed by atoms with Crippen LogP contribution in [0.5, 0.6) is 0 Å². The molecule has 0 aliphatic carbocycles. The number of carboxylic acids is 1. The molecule has 1 saturated heterocycles. The molecule has 4 atom stereocenters. The molecule has 10 nitrogen and oxygen atoms in total. The summed E-state index contributed by atoms with van der Waals surface area (Å²) in [6.07, 6.45) is 5.83. The SMILES string of the molecule is CSCC[C@H](NC(=O)[C@@H]1CCCN1)C(=O)N[C@@H](CC(C)C)C(=O)N[C@@H](CCCCN)C(=O)O. The molecule has 7 N–H and O–H groups in total. The Hall–Kier alpha value is -1.85. The van der Waals surface area contributed by atoms with E-state index in [-0.39, 0.29) is 24.3 Å². The maximum absolute atomic E-state index is 13.1. The van der Waals surface area contributed by atoms with E-state index in [4.69, 9.17) is 5.73 Å². The largest absolute Gasteiger partial charge is 0.480 e. The fourth-order valence-electron chi connectivity index (χ4n) is 3.68. The number of nitrogens with two attached hydrogens (primary N) is 1. The Morgan fingerprint density at radius 3 is 2.24 bits per heavy atom. The molecule has 33 heavy (non-hydrogen) atoms. The van der Waals surface area contributed by atoms with E-state index in [1.165, 1.54) is 0 Å². The summed E-state index contributed by atoms with van der Waals surface area (Å²) in [5.41, 5.74) is 5.47. The molecule has 1 aliphatic rings. The van der Waals surface area contributed by atoms with Crippen LogP contribution < -0.4 is 27.0 Å². The molecule has 0 spiro atoms. The number of hydrogen-bond acceptors (Lipinski definition) is 7. The molecule has 3 amide bonds. The van der Waals surface area contributed by atoms with Gasteiger partial charge in [-0.05, 0) is 76.0 Å². The number of hydrogen-bond donors (Lipinski definition) is 6. The summed E-state index contributed by atoms with van der Waals surface area (Å²) in [6, 6.07) is -3.02. The number of rotatable bonds is 16. The summed E-state index contributed by atoms with van der Waals surface area (Å²) in [5, 5.41) is 20.7. The number of aliphatic carboxylic acids is 1. The maximum Gasteiger partial charge on any atom is 0.326 e. The molecule has 0 aromatic carbocycles. The molecule has 0 aromatic rings. The van der Waals surface area contributed by atoms with Crippen molar-refractivity contribution >= 4 is 35.5 Å². The number of amides is 3. The van der Waals surface area contributed by atoms with Gasteiger partial charge in [-0.15, -0.1) is 0 Å². The lowest BCUT2D eigenvalue weighted by Gasteiger charge is -2.26. The first-order valence-corrected chi connectivity index (χ1v) is 13.1. The molecule has 1 heterocycles. The van der Waals surface area contributed by atoms with Crippen molar-refractivity contribution in [2.75, 3.05) is 25.1 Å². The highest BCUT2D eigenvalue weighted by Gasteiger charge is 2.31. The Bertz CT molecular complexity index is 643. The first-order chi connectivity index (χ1) is 15.7. The molecule has 0 bridgehead atoms. The predicted octanol–water partition coefficient (Wildman–Crippen LogP) is 0.206. The number of carboxylic acid groups (broad SMARTS) is 1. The fraction of sp³-hybridized carbons (Fsp3) is 0.818. The molecular formula is C22H41N5O5S. The molecule has 190 valence electrons. The molecule has 0 saturated carbocycles. The first kappa shape index (κ1) is 29.2. The van der Waals surface area contributed by atoms with Gasteiger partial charge in [0.2, 0.25) is 17.7 Å². The minimum absolute atomic E-state index is 0.0866. The van der Waals surface area contributed by atoms with E-state index < -0.39 is 35.9 Å². The lowest BCUT2D eigenvalue weighted by molar-refractivity contribution is -0.142. The third-order valence-corrected chi connectivity index (χ3v) is 6.17. The molecule has 1 fully saturated rings. The standard InChI is InChI=1S/C22H41N5O5S/c1-14(2)13-18(21(30)26-17(22(31)32)7-4-5-10-23)27-20(29)16(9-12-33-3)25-19(28)15-8-6-11-24-15/h14-18,24H,4-13,23H2,1-3H3,(H,25,28)(H,26,30)(H,27,29)(H,31,32)/t15-,16-,17-,18-/m0/s1. The van der Waals surface area contributed by atoms with E-state index in [2.05, 4.69) is 21.3 Å². The van der Waals surface area contributed by atoms with Crippen molar-refractivity contribution in [3.63, 3.8) is 0 Å². The molecule has 0 radical (unpaired) electrons. The second-order valence-corrected chi connectivity index (χ2v) is 9.85. The lowest BCUT2D eigenvalue weighted by Crippen LogP contribution is -2.57. The normalized spacial score (nSPS) is 18.4. The summed E-state index contributed by atoms with van der Waals surface area (Å²) in [5.74, 6) is -1.56. The smallest absolute Gasteiger partial charge is 0.326 e. The highest BCUT2D eigenvalue weighted by atomic mass is 32.2. The second-order valence-electron chi connectivity index (χ2n) is 8.87. The minimum atomic E-state index is -1.12. The Morgan fingerprint density at radius 2 is 1.70 bits per heavy atom. The van der Waals surface area contributed by atoms with Crippen molar-refractivity contribution in [2.45, 2.75) is 83.0 Å². The van der Waals surface area contributed by atoms with Crippen LogP contribution in [-0.4, -0.2) is 78.1 Å². The number of nitrogens with one attached hydrogen (secondary N) is 4. The van der Waals surface area contributed by atoms with E-state index in [1.54, 1.807) is 11.8 Å². The van der Waals surface area contributed by atoms with Crippen LogP contribution in [0.25, 0.3) is 0 Å². The van der Waals surface area contributed by atoms with Crippen LogP contribution in [0.1, 0.15) is 58.8 Å². The van der Waals surface area contributed by atoms with Crippen molar-refractivity contribution in [3.05, 3.63) is 0 Å². The predicted molar refractivity (Wildman–Crippen MR) is 130 cm³/mol. The van der Waals surface area contributed by atoms with E-state index >= 15 is 0 Å². The van der Waals surface area contributed by atoms with Crippen LogP contribution in [0, 0.1) is 5.92 Å². The summed E-state index contributed by atoms with van der Waals surface area (Å²) >= 11 is 1.56. The zero-order valence-electron chi connectivity index (χ0n) is 20.0. The zero-order valence-corrected chi connectivity index (χ0v) is 20.8. The van der Waals surface area contributed by atoms with Crippen molar-refractivity contribution in [1.29, 1.82) is 0 Å². The van der Waals surface area contributed by atoms with E-state index in [1.807, 2.05) is 20.1 Å². The van der Waals surface area contributed by atoms with Gasteiger partial charge in [0.25, 0.3) is 0 Å². The molecule has 1 aliphatic heterocycles. The zero-order chi connectivity index (χ0) is 24.8. The monoisotopic (exact) mass is 487 g/mol. The summed E-state index contributed by atoms with van der Waals surface area (Å²) < 4.78 is 0. The van der Waals surface area contributed by atoms with Crippen LogP contribution in [0.4, 0.5) is 0 Å². The van der Waals surface area contributed by atoms with Crippen molar-refractivity contribution in [3.8, 4) is 0 Å². The lowest BCUT2D eigenvalue weighted by atomic mass is 10.0. The van der Waals surface area contributed by atoms with E-state index in [0.29, 0.717) is 38.0 Å². The number of carbonyl (C=O) groups excluding carboxylic acids is 3. The van der Waals surface area contributed by atoms with Gasteiger partial charge in [-0.1, -0.05) is 13.8 Å².